The minimum Gasteiger partial charge on any atom is -0.497 e. The quantitative estimate of drug-likeness (QED) is 0.328. The van der Waals surface area contributed by atoms with E-state index in [1.54, 1.807) is 31.2 Å². The summed E-state index contributed by atoms with van der Waals surface area (Å²) in [5, 5.41) is 14.0. The van der Waals surface area contributed by atoms with Crippen LogP contribution < -0.4 is 19.1 Å². The smallest absolute Gasteiger partial charge is 0.271 e. The number of sulfonamides is 1. The zero-order chi connectivity index (χ0) is 27.0. The van der Waals surface area contributed by atoms with Gasteiger partial charge in [0.05, 0.1) is 25.4 Å². The van der Waals surface area contributed by atoms with E-state index in [4.69, 9.17) is 9.47 Å². The van der Waals surface area contributed by atoms with E-state index in [2.05, 4.69) is 5.32 Å². The summed E-state index contributed by atoms with van der Waals surface area (Å²) < 4.78 is 36.5. The van der Waals surface area contributed by atoms with Gasteiger partial charge in [-0.15, -0.1) is 0 Å². The van der Waals surface area contributed by atoms with Gasteiger partial charge in [-0.3, -0.25) is 24.0 Å². The molecular formula is C23H30N4O8S. The van der Waals surface area contributed by atoms with Crippen molar-refractivity contribution in [2.45, 2.75) is 26.4 Å². The van der Waals surface area contributed by atoms with Crippen molar-refractivity contribution in [3.05, 3.63) is 58.1 Å². The third-order valence-electron chi connectivity index (χ3n) is 5.35. The summed E-state index contributed by atoms with van der Waals surface area (Å²) in [5.41, 5.74) is 0.134. The van der Waals surface area contributed by atoms with E-state index >= 15 is 0 Å². The highest BCUT2D eigenvalue weighted by molar-refractivity contribution is 7.92. The Bertz CT molecular complexity index is 1200. The predicted molar refractivity (Wildman–Crippen MR) is 134 cm³/mol. The van der Waals surface area contributed by atoms with Gasteiger partial charge in [-0.05, 0) is 37.6 Å². The molecule has 0 saturated carbocycles. The van der Waals surface area contributed by atoms with Crippen LogP contribution in [-0.4, -0.2) is 69.7 Å². The van der Waals surface area contributed by atoms with Crippen molar-refractivity contribution in [2.75, 3.05) is 37.9 Å². The molecule has 2 amide bonds. The highest BCUT2D eigenvalue weighted by Gasteiger charge is 2.31. The number of anilines is 1. The zero-order valence-electron chi connectivity index (χ0n) is 20.8. The number of carbonyl (C=O) groups excluding carboxylic acids is 2. The van der Waals surface area contributed by atoms with Crippen LogP contribution in [0.1, 0.15) is 19.4 Å². The van der Waals surface area contributed by atoms with Crippen LogP contribution in [0.3, 0.4) is 0 Å². The van der Waals surface area contributed by atoms with Gasteiger partial charge in [0.25, 0.3) is 5.69 Å². The summed E-state index contributed by atoms with van der Waals surface area (Å²) in [4.78, 5) is 38.0. The molecule has 12 nitrogen and oxygen atoms in total. The van der Waals surface area contributed by atoms with Gasteiger partial charge in [0, 0.05) is 25.2 Å². The molecule has 0 aromatic heterocycles. The standard InChI is InChI=1S/C23H30N4O8S/c1-6-24-23(29)16(2)25(14-17-7-10-19(34-3)11-8-17)22(28)15-26(36(5,32)33)20-13-18(27(30)31)9-12-21(20)35-4/h7-13,16H,6,14-15H2,1-5H3,(H,24,29)/t16-/m0/s1. The number of rotatable bonds is 12. The third kappa shape index (κ3) is 7.07. The van der Waals surface area contributed by atoms with E-state index in [-0.39, 0.29) is 23.7 Å². The minimum absolute atomic E-state index is 0.00476. The van der Waals surface area contributed by atoms with Gasteiger partial charge in [-0.25, -0.2) is 8.42 Å². The van der Waals surface area contributed by atoms with E-state index in [9.17, 15) is 28.1 Å². The van der Waals surface area contributed by atoms with Crippen molar-refractivity contribution in [2.24, 2.45) is 0 Å². The number of hydrogen-bond acceptors (Lipinski definition) is 8. The van der Waals surface area contributed by atoms with Gasteiger partial charge < -0.3 is 19.7 Å². The summed E-state index contributed by atoms with van der Waals surface area (Å²) in [5.74, 6) is -0.478. The summed E-state index contributed by atoms with van der Waals surface area (Å²) >= 11 is 0. The fraction of sp³-hybridized carbons (Fsp3) is 0.391. The highest BCUT2D eigenvalue weighted by Crippen LogP contribution is 2.33. The molecule has 0 heterocycles. The second-order valence-corrected chi connectivity index (χ2v) is 9.73. The molecule has 0 radical (unpaired) electrons. The lowest BCUT2D eigenvalue weighted by molar-refractivity contribution is -0.384. The number of nitro groups is 1. The molecule has 0 bridgehead atoms. The largest absolute Gasteiger partial charge is 0.497 e. The SMILES string of the molecule is CCNC(=O)[C@H](C)N(Cc1ccc(OC)cc1)C(=O)CN(c1cc([N+](=O)[O-])ccc1OC)S(C)(=O)=O. The third-order valence-corrected chi connectivity index (χ3v) is 6.48. The monoisotopic (exact) mass is 522 g/mol. The van der Waals surface area contributed by atoms with Crippen LogP contribution in [0.2, 0.25) is 0 Å². The average Bonchev–Trinajstić information content (AvgIpc) is 2.84. The predicted octanol–water partition coefficient (Wildman–Crippen LogP) is 1.93. The lowest BCUT2D eigenvalue weighted by Gasteiger charge is -2.31. The Balaban J connectivity index is 2.50. The summed E-state index contributed by atoms with van der Waals surface area (Å²) in [6.07, 6.45) is 0.875. The minimum atomic E-state index is -4.09. The van der Waals surface area contributed by atoms with Gasteiger partial charge in [0.15, 0.2) is 0 Å². The molecular weight excluding hydrogens is 492 g/mol. The first-order chi connectivity index (χ1) is 16.9. The molecule has 0 aliphatic heterocycles. The lowest BCUT2D eigenvalue weighted by atomic mass is 10.1. The molecule has 36 heavy (non-hydrogen) atoms. The maximum absolute atomic E-state index is 13.5. The summed E-state index contributed by atoms with van der Waals surface area (Å²) in [6, 6.07) is 9.35. The number of carbonyl (C=O) groups is 2. The van der Waals surface area contributed by atoms with E-state index in [1.807, 2.05) is 0 Å². The Morgan fingerprint density at radius 2 is 1.75 bits per heavy atom. The molecule has 2 aromatic carbocycles. The van der Waals surface area contributed by atoms with Crippen LogP contribution in [0.4, 0.5) is 11.4 Å². The van der Waals surface area contributed by atoms with Gasteiger partial charge in [-0.1, -0.05) is 12.1 Å². The molecule has 0 saturated heterocycles. The van der Waals surface area contributed by atoms with Crippen LogP contribution in [-0.2, 0) is 26.2 Å². The maximum Gasteiger partial charge on any atom is 0.271 e. The van der Waals surface area contributed by atoms with Crippen molar-refractivity contribution in [1.29, 1.82) is 0 Å². The normalized spacial score (nSPS) is 11.8. The number of non-ortho nitro benzene ring substituents is 1. The topological polar surface area (TPSA) is 148 Å². The number of ether oxygens (including phenoxy) is 2. The fourth-order valence-electron chi connectivity index (χ4n) is 3.41. The summed E-state index contributed by atoms with van der Waals surface area (Å²) in [6.45, 7) is 2.90. The molecule has 0 aliphatic carbocycles. The van der Waals surface area contributed by atoms with Gasteiger partial charge in [-0.2, -0.15) is 0 Å². The molecule has 196 valence electrons. The number of hydrogen-bond donors (Lipinski definition) is 1. The molecule has 2 rings (SSSR count). The number of benzene rings is 2. The number of amides is 2. The average molecular weight is 523 g/mol. The Labute approximate surface area is 210 Å². The van der Waals surface area contributed by atoms with Crippen molar-refractivity contribution >= 4 is 33.2 Å². The van der Waals surface area contributed by atoms with Crippen LogP contribution >= 0.6 is 0 Å². The number of nitrogens with zero attached hydrogens (tertiary/aromatic N) is 3. The molecule has 13 heteroatoms. The fourth-order valence-corrected chi connectivity index (χ4v) is 4.26. The Hall–Kier alpha value is -3.87. The molecule has 0 aliphatic rings. The number of likely N-dealkylation sites (N-methyl/N-ethyl adjacent to an activating group) is 1. The van der Waals surface area contributed by atoms with Crippen molar-refractivity contribution < 1.29 is 32.4 Å². The Kier molecular flexibility index (Phi) is 9.61. The van der Waals surface area contributed by atoms with Crippen molar-refractivity contribution in [1.82, 2.24) is 10.2 Å². The number of nitro benzene ring substituents is 1. The second kappa shape index (κ2) is 12.2. The van der Waals surface area contributed by atoms with Gasteiger partial charge in [0.1, 0.15) is 29.8 Å². The van der Waals surface area contributed by atoms with Crippen molar-refractivity contribution in [3.63, 3.8) is 0 Å². The van der Waals surface area contributed by atoms with Gasteiger partial charge >= 0.3 is 0 Å². The van der Waals surface area contributed by atoms with Crippen LogP contribution in [0.25, 0.3) is 0 Å². The first kappa shape index (κ1) is 28.4. The van der Waals surface area contributed by atoms with E-state index < -0.39 is 39.3 Å². The van der Waals surface area contributed by atoms with Crippen LogP contribution in [0, 0.1) is 10.1 Å². The molecule has 1 N–H and O–H groups in total. The van der Waals surface area contributed by atoms with Crippen LogP contribution in [0.15, 0.2) is 42.5 Å². The first-order valence-corrected chi connectivity index (χ1v) is 12.8. The zero-order valence-corrected chi connectivity index (χ0v) is 21.6. The molecule has 0 fully saturated rings. The Morgan fingerprint density at radius 1 is 1.11 bits per heavy atom. The Morgan fingerprint density at radius 3 is 2.25 bits per heavy atom. The maximum atomic E-state index is 13.5. The molecule has 0 unspecified atom stereocenters. The molecule has 2 aromatic rings. The van der Waals surface area contributed by atoms with E-state index in [0.717, 1.165) is 22.7 Å². The van der Waals surface area contributed by atoms with Crippen molar-refractivity contribution in [3.8, 4) is 11.5 Å². The lowest BCUT2D eigenvalue weighted by Crippen LogP contribution is -2.51. The molecule has 0 spiro atoms. The van der Waals surface area contributed by atoms with E-state index in [0.29, 0.717) is 17.9 Å². The second-order valence-electron chi connectivity index (χ2n) is 7.82. The number of methoxy groups -OCH3 is 2. The van der Waals surface area contributed by atoms with Crippen LogP contribution in [0.5, 0.6) is 11.5 Å². The van der Waals surface area contributed by atoms with E-state index in [1.165, 1.54) is 32.1 Å². The number of nitrogens with one attached hydrogen (secondary N) is 1. The molecule has 1 atom stereocenters. The first-order valence-electron chi connectivity index (χ1n) is 10.9. The van der Waals surface area contributed by atoms with Gasteiger partial charge in [0.2, 0.25) is 21.8 Å². The highest BCUT2D eigenvalue weighted by atomic mass is 32.2. The summed E-state index contributed by atoms with van der Waals surface area (Å²) in [7, 11) is -1.30.